The number of carbonyl (C=O) groups excluding carboxylic acids is 1. The number of nitrogens with two attached hydrogens (primary N) is 1. The molecule has 1 heterocycles. The van der Waals surface area contributed by atoms with E-state index in [0.717, 1.165) is 36.7 Å². The lowest BCUT2D eigenvalue weighted by atomic mass is 9.88. The van der Waals surface area contributed by atoms with Gasteiger partial charge < -0.3 is 10.6 Å². The van der Waals surface area contributed by atoms with Gasteiger partial charge in [-0.1, -0.05) is 26.0 Å². The van der Waals surface area contributed by atoms with Crippen LogP contribution in [-0.2, 0) is 11.2 Å². The van der Waals surface area contributed by atoms with Crippen LogP contribution in [0.5, 0.6) is 0 Å². The number of piperidine rings is 1. The van der Waals surface area contributed by atoms with Gasteiger partial charge in [-0.15, -0.1) is 0 Å². The highest BCUT2D eigenvalue weighted by Gasteiger charge is 2.25. The van der Waals surface area contributed by atoms with E-state index in [1.807, 2.05) is 29.2 Å². The minimum Gasteiger partial charge on any atom is -0.399 e. The van der Waals surface area contributed by atoms with Gasteiger partial charge in [-0.25, -0.2) is 0 Å². The number of amides is 1. The van der Waals surface area contributed by atoms with Crippen molar-refractivity contribution in [3.63, 3.8) is 0 Å². The van der Waals surface area contributed by atoms with Crippen molar-refractivity contribution >= 4 is 11.6 Å². The molecule has 0 spiro atoms. The monoisotopic (exact) mass is 246 g/mol. The molecular formula is C15H22N2O. The molecule has 0 saturated carbocycles. The Balaban J connectivity index is 1.94. The van der Waals surface area contributed by atoms with Crippen molar-refractivity contribution in [3.8, 4) is 0 Å². The molecule has 1 amide bonds. The number of rotatable bonds is 2. The Bertz CT molecular complexity index is 413. The van der Waals surface area contributed by atoms with Crippen LogP contribution in [0.4, 0.5) is 5.69 Å². The molecule has 0 aliphatic carbocycles. The molecule has 98 valence electrons. The first-order valence-electron chi connectivity index (χ1n) is 6.68. The number of hydrogen-bond donors (Lipinski definition) is 1. The number of likely N-dealkylation sites (tertiary alicyclic amines) is 1. The van der Waals surface area contributed by atoms with Gasteiger partial charge in [0.1, 0.15) is 0 Å². The normalized spacial score (nSPS) is 24.0. The molecule has 2 atom stereocenters. The summed E-state index contributed by atoms with van der Waals surface area (Å²) < 4.78 is 0. The summed E-state index contributed by atoms with van der Waals surface area (Å²) in [5.74, 6) is 1.57. The van der Waals surface area contributed by atoms with Crippen molar-refractivity contribution in [1.82, 2.24) is 4.90 Å². The first-order chi connectivity index (χ1) is 8.56. The van der Waals surface area contributed by atoms with Gasteiger partial charge in [0.2, 0.25) is 5.91 Å². The lowest BCUT2D eigenvalue weighted by Gasteiger charge is -2.35. The summed E-state index contributed by atoms with van der Waals surface area (Å²) in [5.41, 5.74) is 7.42. The topological polar surface area (TPSA) is 46.3 Å². The zero-order valence-electron chi connectivity index (χ0n) is 11.2. The largest absolute Gasteiger partial charge is 0.399 e. The molecule has 1 saturated heterocycles. The molecule has 0 aromatic heterocycles. The SMILES string of the molecule is CC1CCN(C(=O)Cc2ccc(N)cc2)CC1C. The van der Waals surface area contributed by atoms with Crippen LogP contribution < -0.4 is 5.73 Å². The fourth-order valence-corrected chi connectivity index (χ4v) is 2.41. The molecule has 1 aliphatic rings. The Kier molecular flexibility index (Phi) is 3.90. The maximum atomic E-state index is 12.2. The molecular weight excluding hydrogens is 224 g/mol. The molecule has 0 radical (unpaired) electrons. The zero-order valence-corrected chi connectivity index (χ0v) is 11.2. The fraction of sp³-hybridized carbons (Fsp3) is 0.533. The highest BCUT2D eigenvalue weighted by atomic mass is 16.2. The Hall–Kier alpha value is -1.51. The summed E-state index contributed by atoms with van der Waals surface area (Å²) in [5, 5.41) is 0. The predicted molar refractivity (Wildman–Crippen MR) is 74.1 cm³/mol. The van der Waals surface area contributed by atoms with Gasteiger partial charge in [0, 0.05) is 18.8 Å². The minimum atomic E-state index is 0.235. The molecule has 1 aliphatic heterocycles. The average Bonchev–Trinajstić information content (AvgIpc) is 2.35. The first kappa shape index (κ1) is 12.9. The quantitative estimate of drug-likeness (QED) is 0.814. The van der Waals surface area contributed by atoms with Gasteiger partial charge in [0.15, 0.2) is 0 Å². The number of hydrogen-bond acceptors (Lipinski definition) is 2. The van der Waals surface area contributed by atoms with Crippen LogP contribution in [0.1, 0.15) is 25.8 Å². The lowest BCUT2D eigenvalue weighted by Crippen LogP contribution is -2.42. The van der Waals surface area contributed by atoms with Gasteiger partial charge in [-0.3, -0.25) is 4.79 Å². The van der Waals surface area contributed by atoms with Gasteiger partial charge in [0.05, 0.1) is 6.42 Å². The Morgan fingerprint density at radius 3 is 2.56 bits per heavy atom. The van der Waals surface area contributed by atoms with Gasteiger partial charge in [0.25, 0.3) is 0 Å². The van der Waals surface area contributed by atoms with Crippen LogP contribution in [0.25, 0.3) is 0 Å². The summed E-state index contributed by atoms with van der Waals surface area (Å²) in [6.07, 6.45) is 1.61. The van der Waals surface area contributed by atoms with Gasteiger partial charge in [-0.05, 0) is 36.0 Å². The predicted octanol–water partition coefficient (Wildman–Crippen LogP) is 2.32. The number of nitrogen functional groups attached to an aromatic ring is 1. The van der Waals surface area contributed by atoms with Crippen LogP contribution in [-0.4, -0.2) is 23.9 Å². The highest BCUT2D eigenvalue weighted by molar-refractivity contribution is 5.79. The molecule has 1 aromatic rings. The molecule has 18 heavy (non-hydrogen) atoms. The van der Waals surface area contributed by atoms with E-state index in [0.29, 0.717) is 12.3 Å². The van der Waals surface area contributed by atoms with Crippen molar-refractivity contribution in [1.29, 1.82) is 0 Å². The summed E-state index contributed by atoms with van der Waals surface area (Å²) in [6, 6.07) is 7.57. The second kappa shape index (κ2) is 5.42. The molecule has 3 heteroatoms. The zero-order chi connectivity index (χ0) is 13.1. The lowest BCUT2D eigenvalue weighted by molar-refractivity contribution is -0.132. The molecule has 0 bridgehead atoms. The number of anilines is 1. The summed E-state index contributed by atoms with van der Waals surface area (Å²) in [4.78, 5) is 14.2. The maximum Gasteiger partial charge on any atom is 0.226 e. The van der Waals surface area contributed by atoms with Gasteiger partial charge in [-0.2, -0.15) is 0 Å². The van der Waals surface area contributed by atoms with Crippen LogP contribution in [0, 0.1) is 11.8 Å². The van der Waals surface area contributed by atoms with Crippen molar-refractivity contribution in [2.75, 3.05) is 18.8 Å². The van der Waals surface area contributed by atoms with Crippen molar-refractivity contribution in [2.45, 2.75) is 26.7 Å². The number of nitrogens with zero attached hydrogens (tertiary/aromatic N) is 1. The summed E-state index contributed by atoms with van der Waals surface area (Å²) in [7, 11) is 0. The molecule has 1 aromatic carbocycles. The molecule has 2 rings (SSSR count). The third kappa shape index (κ3) is 3.03. The van der Waals surface area contributed by atoms with Gasteiger partial charge >= 0.3 is 0 Å². The van der Waals surface area contributed by atoms with E-state index in [1.165, 1.54) is 0 Å². The average molecular weight is 246 g/mol. The number of carbonyl (C=O) groups is 1. The van der Waals surface area contributed by atoms with E-state index in [1.54, 1.807) is 0 Å². The number of benzene rings is 1. The standard InChI is InChI=1S/C15H22N2O/c1-11-7-8-17(10-12(11)2)15(18)9-13-3-5-14(16)6-4-13/h3-6,11-12H,7-10,16H2,1-2H3. The van der Waals surface area contributed by atoms with Crippen LogP contribution in [0.2, 0.25) is 0 Å². The highest BCUT2D eigenvalue weighted by Crippen LogP contribution is 2.23. The van der Waals surface area contributed by atoms with E-state index in [2.05, 4.69) is 13.8 Å². The smallest absolute Gasteiger partial charge is 0.226 e. The van der Waals surface area contributed by atoms with E-state index >= 15 is 0 Å². The fourth-order valence-electron chi connectivity index (χ4n) is 2.41. The minimum absolute atomic E-state index is 0.235. The summed E-state index contributed by atoms with van der Waals surface area (Å²) >= 11 is 0. The van der Waals surface area contributed by atoms with E-state index in [9.17, 15) is 4.79 Å². The first-order valence-corrected chi connectivity index (χ1v) is 6.68. The van der Waals surface area contributed by atoms with E-state index < -0.39 is 0 Å². The second-order valence-electron chi connectivity index (χ2n) is 5.50. The molecule has 1 fully saturated rings. The van der Waals surface area contributed by atoms with Crippen LogP contribution in [0.3, 0.4) is 0 Å². The van der Waals surface area contributed by atoms with E-state index in [4.69, 9.17) is 5.73 Å². The summed E-state index contributed by atoms with van der Waals surface area (Å²) in [6.45, 7) is 6.30. The van der Waals surface area contributed by atoms with Crippen molar-refractivity contribution in [2.24, 2.45) is 11.8 Å². The molecule has 2 N–H and O–H groups in total. The molecule has 2 unspecified atom stereocenters. The molecule has 3 nitrogen and oxygen atoms in total. The van der Waals surface area contributed by atoms with E-state index in [-0.39, 0.29) is 5.91 Å². The Morgan fingerprint density at radius 2 is 1.94 bits per heavy atom. The second-order valence-corrected chi connectivity index (χ2v) is 5.50. The maximum absolute atomic E-state index is 12.2. The Morgan fingerprint density at radius 1 is 1.28 bits per heavy atom. The van der Waals surface area contributed by atoms with Crippen molar-refractivity contribution < 1.29 is 4.79 Å². The third-order valence-electron chi connectivity index (χ3n) is 4.02. The van der Waals surface area contributed by atoms with Crippen LogP contribution in [0.15, 0.2) is 24.3 Å². The van der Waals surface area contributed by atoms with Crippen LogP contribution >= 0.6 is 0 Å². The Labute approximate surface area is 109 Å². The van der Waals surface area contributed by atoms with Crippen molar-refractivity contribution in [3.05, 3.63) is 29.8 Å². The third-order valence-corrected chi connectivity index (χ3v) is 4.02.